The van der Waals surface area contributed by atoms with Crippen molar-refractivity contribution in [3.8, 4) is 0 Å². The van der Waals surface area contributed by atoms with E-state index in [-0.39, 0.29) is 5.41 Å². The van der Waals surface area contributed by atoms with Gasteiger partial charge in [0.05, 0.1) is 5.69 Å². The largest absolute Gasteiger partial charge is 0.308 e. The van der Waals surface area contributed by atoms with Crippen molar-refractivity contribution >= 4 is 11.3 Å². The van der Waals surface area contributed by atoms with E-state index in [4.69, 9.17) is 0 Å². The van der Waals surface area contributed by atoms with Crippen LogP contribution in [0.4, 0.5) is 0 Å². The first-order valence-corrected chi connectivity index (χ1v) is 6.32. The Hall–Kier alpha value is -0.410. The topological polar surface area (TPSA) is 24.9 Å². The van der Waals surface area contributed by atoms with Crippen LogP contribution in [0, 0.1) is 6.92 Å². The molecule has 0 aromatic carbocycles. The van der Waals surface area contributed by atoms with Crippen LogP contribution in [-0.4, -0.2) is 11.0 Å². The third-order valence-corrected chi connectivity index (χ3v) is 3.77. The predicted molar refractivity (Wildman–Crippen MR) is 67.5 cm³/mol. The van der Waals surface area contributed by atoms with Gasteiger partial charge in [-0.05, 0) is 12.3 Å². The van der Waals surface area contributed by atoms with Crippen molar-refractivity contribution in [2.75, 3.05) is 0 Å². The highest BCUT2D eigenvalue weighted by molar-refractivity contribution is 7.11. The summed E-state index contributed by atoms with van der Waals surface area (Å²) >= 11 is 1.83. The summed E-state index contributed by atoms with van der Waals surface area (Å²) in [5.74, 6) is 0. The Bertz CT molecular complexity index is 321. The van der Waals surface area contributed by atoms with Gasteiger partial charge in [-0.15, -0.1) is 11.3 Å². The maximum absolute atomic E-state index is 4.61. The van der Waals surface area contributed by atoms with Gasteiger partial charge in [0, 0.05) is 17.5 Å². The molecule has 0 fully saturated rings. The fourth-order valence-corrected chi connectivity index (χ4v) is 2.59. The molecule has 0 unspecified atom stereocenters. The van der Waals surface area contributed by atoms with Gasteiger partial charge in [-0.25, -0.2) is 4.98 Å². The summed E-state index contributed by atoms with van der Waals surface area (Å²) in [6.45, 7) is 14.0. The molecule has 1 N–H and O–H groups in total. The Morgan fingerprint density at radius 3 is 2.33 bits per heavy atom. The van der Waals surface area contributed by atoms with Crippen LogP contribution in [0.2, 0.25) is 0 Å². The number of nitrogens with one attached hydrogen (secondary N) is 1. The minimum absolute atomic E-state index is 0.220. The Morgan fingerprint density at radius 1 is 1.33 bits per heavy atom. The second-order valence-corrected chi connectivity index (χ2v) is 6.39. The summed E-state index contributed by atoms with van der Waals surface area (Å²) < 4.78 is 0. The molecule has 0 amide bonds. The van der Waals surface area contributed by atoms with Crippen LogP contribution >= 0.6 is 11.3 Å². The molecule has 0 atom stereocenters. The lowest BCUT2D eigenvalue weighted by Gasteiger charge is -2.16. The molecule has 0 saturated carbocycles. The van der Waals surface area contributed by atoms with Gasteiger partial charge in [0.15, 0.2) is 0 Å². The monoisotopic (exact) mass is 226 g/mol. The van der Waals surface area contributed by atoms with E-state index < -0.39 is 0 Å². The van der Waals surface area contributed by atoms with Crippen LogP contribution in [-0.2, 0) is 12.0 Å². The molecule has 0 spiro atoms. The summed E-state index contributed by atoms with van der Waals surface area (Å²) in [6, 6.07) is 0.521. The van der Waals surface area contributed by atoms with Crippen LogP contribution in [0.15, 0.2) is 0 Å². The van der Waals surface area contributed by atoms with Gasteiger partial charge in [-0.1, -0.05) is 34.6 Å². The maximum Gasteiger partial charge on any atom is 0.107 e. The predicted octanol–water partition coefficient (Wildman–Crippen LogP) is 3.25. The molecule has 0 saturated heterocycles. The standard InChI is InChI=1S/C12H22N2S/c1-8(2)13-7-10-14-9(3)11(15-10)12(4,5)6/h8,13H,7H2,1-6H3. The molecule has 2 nitrogen and oxygen atoms in total. The number of aromatic nitrogens is 1. The summed E-state index contributed by atoms with van der Waals surface area (Å²) in [5, 5.41) is 4.60. The molecule has 86 valence electrons. The SMILES string of the molecule is Cc1nc(CNC(C)C)sc1C(C)(C)C. The first-order valence-electron chi connectivity index (χ1n) is 5.51. The smallest absolute Gasteiger partial charge is 0.107 e. The van der Waals surface area contributed by atoms with E-state index >= 15 is 0 Å². The van der Waals surface area contributed by atoms with Gasteiger partial charge < -0.3 is 5.32 Å². The quantitative estimate of drug-likeness (QED) is 0.856. The van der Waals surface area contributed by atoms with Crippen molar-refractivity contribution in [3.63, 3.8) is 0 Å². The highest BCUT2D eigenvalue weighted by Crippen LogP contribution is 2.31. The average molecular weight is 226 g/mol. The lowest BCUT2D eigenvalue weighted by molar-refractivity contribution is 0.586. The van der Waals surface area contributed by atoms with Crippen LogP contribution in [0.1, 0.15) is 50.2 Å². The van der Waals surface area contributed by atoms with E-state index in [9.17, 15) is 0 Å². The summed E-state index contributed by atoms with van der Waals surface area (Å²) in [6.07, 6.45) is 0. The Labute approximate surface area is 97.1 Å². The highest BCUT2D eigenvalue weighted by Gasteiger charge is 2.20. The maximum atomic E-state index is 4.61. The van der Waals surface area contributed by atoms with Gasteiger partial charge >= 0.3 is 0 Å². The summed E-state index contributed by atoms with van der Waals surface area (Å²) in [4.78, 5) is 6.01. The van der Waals surface area contributed by atoms with Gasteiger partial charge in [-0.2, -0.15) is 0 Å². The zero-order valence-electron chi connectivity index (χ0n) is 10.6. The number of aryl methyl sites for hydroxylation is 1. The van der Waals surface area contributed by atoms with E-state index in [1.807, 2.05) is 11.3 Å². The summed E-state index contributed by atoms with van der Waals surface area (Å²) in [7, 11) is 0. The van der Waals surface area contributed by atoms with Crippen molar-refractivity contribution in [3.05, 3.63) is 15.6 Å². The van der Waals surface area contributed by atoms with Gasteiger partial charge in [0.25, 0.3) is 0 Å². The molecule has 1 aromatic heterocycles. The highest BCUT2D eigenvalue weighted by atomic mass is 32.1. The lowest BCUT2D eigenvalue weighted by Crippen LogP contribution is -2.21. The third-order valence-electron chi connectivity index (χ3n) is 2.18. The summed E-state index contributed by atoms with van der Waals surface area (Å²) in [5.41, 5.74) is 1.41. The molecule has 1 rings (SSSR count). The molecule has 0 aliphatic rings. The fourth-order valence-electron chi connectivity index (χ4n) is 1.52. The molecule has 0 bridgehead atoms. The molecular formula is C12H22N2S. The minimum atomic E-state index is 0.220. The van der Waals surface area contributed by atoms with Gasteiger partial charge in [-0.3, -0.25) is 0 Å². The van der Waals surface area contributed by atoms with Gasteiger partial charge in [0.1, 0.15) is 5.01 Å². The first kappa shape index (κ1) is 12.7. The van der Waals surface area contributed by atoms with E-state index in [2.05, 4.69) is 51.8 Å². The van der Waals surface area contributed by atoms with Crippen molar-refractivity contribution in [1.82, 2.24) is 10.3 Å². The van der Waals surface area contributed by atoms with Crippen LogP contribution in [0.3, 0.4) is 0 Å². The molecule has 0 aliphatic carbocycles. The Morgan fingerprint density at radius 2 is 1.93 bits per heavy atom. The number of hydrogen-bond acceptors (Lipinski definition) is 3. The number of thiazole rings is 1. The molecule has 1 aromatic rings. The average Bonchev–Trinajstić information content (AvgIpc) is 2.42. The van der Waals surface area contributed by atoms with Crippen LogP contribution in [0.25, 0.3) is 0 Å². The molecular weight excluding hydrogens is 204 g/mol. The zero-order valence-corrected chi connectivity index (χ0v) is 11.5. The Balaban J connectivity index is 2.78. The number of hydrogen-bond donors (Lipinski definition) is 1. The lowest BCUT2D eigenvalue weighted by atomic mass is 9.94. The van der Waals surface area contributed by atoms with Crippen molar-refractivity contribution in [2.45, 2.75) is 59.5 Å². The van der Waals surface area contributed by atoms with E-state index in [0.29, 0.717) is 6.04 Å². The second-order valence-electron chi connectivity index (χ2n) is 5.31. The first-order chi connectivity index (χ1) is 6.80. The normalized spacial score (nSPS) is 12.5. The van der Waals surface area contributed by atoms with Crippen LogP contribution < -0.4 is 5.32 Å². The third kappa shape index (κ3) is 3.58. The fraction of sp³-hybridized carbons (Fsp3) is 0.750. The molecule has 0 radical (unpaired) electrons. The van der Waals surface area contributed by atoms with E-state index in [0.717, 1.165) is 6.54 Å². The minimum Gasteiger partial charge on any atom is -0.308 e. The molecule has 1 heterocycles. The zero-order chi connectivity index (χ0) is 11.6. The molecule has 0 aliphatic heterocycles. The molecule has 15 heavy (non-hydrogen) atoms. The number of rotatable bonds is 3. The van der Waals surface area contributed by atoms with E-state index in [1.165, 1.54) is 15.6 Å². The van der Waals surface area contributed by atoms with Crippen molar-refractivity contribution < 1.29 is 0 Å². The van der Waals surface area contributed by atoms with Crippen LogP contribution in [0.5, 0.6) is 0 Å². The Kier molecular flexibility index (Phi) is 3.90. The van der Waals surface area contributed by atoms with E-state index in [1.54, 1.807) is 0 Å². The second kappa shape index (κ2) is 4.62. The van der Waals surface area contributed by atoms with Crippen molar-refractivity contribution in [2.24, 2.45) is 0 Å². The van der Waals surface area contributed by atoms with Crippen molar-refractivity contribution in [1.29, 1.82) is 0 Å². The number of nitrogens with zero attached hydrogens (tertiary/aromatic N) is 1. The van der Waals surface area contributed by atoms with Gasteiger partial charge in [0.2, 0.25) is 0 Å². The molecule has 3 heteroatoms.